The number of esters is 2. The van der Waals surface area contributed by atoms with E-state index in [4.69, 9.17) is 0 Å². The van der Waals surface area contributed by atoms with Gasteiger partial charge in [-0.25, -0.2) is 21.6 Å². The average molecular weight is 772 g/mol. The number of phosphoric acid groups is 2. The van der Waals surface area contributed by atoms with E-state index in [9.17, 15) is 83.2 Å². The first kappa shape index (κ1) is 48.2. The van der Waals surface area contributed by atoms with Gasteiger partial charge in [-0.2, -0.15) is 0 Å². The highest BCUT2D eigenvalue weighted by Crippen LogP contribution is 2.49. The van der Waals surface area contributed by atoms with Crippen molar-refractivity contribution in [1.82, 2.24) is 0 Å². The van der Waals surface area contributed by atoms with Gasteiger partial charge in [0.2, 0.25) is 0 Å². The van der Waals surface area contributed by atoms with Crippen LogP contribution in [0.5, 0.6) is 0 Å². The third-order valence-electron chi connectivity index (χ3n) is 4.09. The summed E-state index contributed by atoms with van der Waals surface area (Å²) in [6.45, 7) is 8.64. The maximum absolute atomic E-state index is 11.6. The molecule has 0 spiro atoms. The highest BCUT2D eigenvalue weighted by atomic mass is 32.2. The standard InChI is InChI=1S/C9H20O11P2S.C6H12O8P2.C2H4O3S/c1-3-8(23(16,17)18)6-7(2)9(10)19-4-5-21(11,12)20-22(13,14)15;1-5(2)6(7)13-3-4-15(8,9)14-16(10,11)12;1-2-6(3,4)5/h7-8H,3-6H2,1-2H3,(H,11,12)(H2,13,14,15)(H,16,17,18);1,3-4H2,2H3,(H,8,9)(H2,10,11,12);2H,1H2,(H,3,4,5)/p-8. The van der Waals surface area contributed by atoms with Crippen molar-refractivity contribution < 1.29 is 101 Å². The molecule has 22 nitrogen and oxygen atoms in total. The molecular formula is C17H28O22P4S2-8. The summed E-state index contributed by atoms with van der Waals surface area (Å²) in [7, 11) is -29.9. The van der Waals surface area contributed by atoms with Gasteiger partial charge in [-0.15, -0.1) is 0 Å². The van der Waals surface area contributed by atoms with E-state index in [2.05, 4.69) is 31.3 Å². The predicted molar refractivity (Wildman–Crippen MR) is 137 cm³/mol. The second-order valence-electron chi connectivity index (χ2n) is 8.13. The van der Waals surface area contributed by atoms with Gasteiger partial charge in [-0.05, 0) is 19.8 Å². The molecule has 4 atom stereocenters. The molecule has 0 aliphatic heterocycles. The number of hydrogen-bond donors (Lipinski definition) is 0. The van der Waals surface area contributed by atoms with Crippen molar-refractivity contribution in [3.05, 3.63) is 24.1 Å². The third kappa shape index (κ3) is 31.2. The number of carbonyl (C=O) groups excluding carboxylic acids is 2. The summed E-state index contributed by atoms with van der Waals surface area (Å²) in [6, 6.07) is 0. The minimum absolute atomic E-state index is 0.00462. The Kier molecular flexibility index (Phi) is 21.7. The summed E-state index contributed by atoms with van der Waals surface area (Å²) in [5.41, 5.74) is 0.0555. The summed E-state index contributed by atoms with van der Waals surface area (Å²) in [4.78, 5) is 84.6. The van der Waals surface area contributed by atoms with Crippen LogP contribution >= 0.6 is 30.8 Å². The lowest BCUT2D eigenvalue weighted by molar-refractivity contribution is -0.340. The zero-order valence-corrected chi connectivity index (χ0v) is 28.7. The lowest BCUT2D eigenvalue weighted by Crippen LogP contribution is -2.27. The largest absolute Gasteiger partial charge is 0.790 e. The molecular weight excluding hydrogens is 744 g/mol. The normalized spacial score (nSPS) is 16.1. The molecule has 268 valence electrons. The summed E-state index contributed by atoms with van der Waals surface area (Å²) in [6.07, 6.45) is -2.25. The summed E-state index contributed by atoms with van der Waals surface area (Å²) in [5, 5.41) is -0.932. The molecule has 28 heteroatoms. The lowest BCUT2D eigenvalue weighted by Gasteiger charge is -2.35. The lowest BCUT2D eigenvalue weighted by atomic mass is 10.0. The zero-order chi connectivity index (χ0) is 36.7. The average Bonchev–Trinajstić information content (AvgIpc) is 2.78. The highest BCUT2D eigenvalue weighted by Gasteiger charge is 2.23. The highest BCUT2D eigenvalue weighted by molar-refractivity contribution is 7.88. The minimum atomic E-state index is -5.73. The van der Waals surface area contributed by atoms with Crippen molar-refractivity contribution in [3.63, 3.8) is 0 Å². The van der Waals surface area contributed by atoms with Gasteiger partial charge in [0.25, 0.3) is 0 Å². The Balaban J connectivity index is -0.000000691. The fourth-order valence-corrected chi connectivity index (χ4v) is 6.79. The van der Waals surface area contributed by atoms with Gasteiger partial charge in [0, 0.05) is 23.3 Å². The van der Waals surface area contributed by atoms with E-state index in [1.165, 1.54) is 20.8 Å². The third-order valence-corrected chi connectivity index (χ3v) is 10.9. The first-order valence-corrected chi connectivity index (χ1v) is 20.7. The molecule has 0 radical (unpaired) electrons. The molecule has 0 aliphatic carbocycles. The van der Waals surface area contributed by atoms with E-state index >= 15 is 0 Å². The summed E-state index contributed by atoms with van der Waals surface area (Å²) >= 11 is 0. The van der Waals surface area contributed by atoms with E-state index in [0.717, 1.165) is 0 Å². The Labute approximate surface area is 258 Å². The first-order chi connectivity index (χ1) is 19.8. The van der Waals surface area contributed by atoms with E-state index in [1.54, 1.807) is 0 Å². The van der Waals surface area contributed by atoms with Crippen LogP contribution in [0.4, 0.5) is 0 Å². The summed E-state index contributed by atoms with van der Waals surface area (Å²) < 4.78 is 118. The van der Waals surface area contributed by atoms with Crippen molar-refractivity contribution in [2.45, 2.75) is 38.9 Å². The van der Waals surface area contributed by atoms with Crippen LogP contribution in [0.3, 0.4) is 0 Å². The Morgan fingerprint density at radius 2 is 1.18 bits per heavy atom. The van der Waals surface area contributed by atoms with Crippen LogP contribution in [0.15, 0.2) is 24.1 Å². The first-order valence-electron chi connectivity index (χ1n) is 11.4. The van der Waals surface area contributed by atoms with Crippen LogP contribution in [0.1, 0.15) is 33.6 Å². The molecule has 0 aromatic heterocycles. The van der Waals surface area contributed by atoms with Crippen LogP contribution in [-0.4, -0.2) is 68.7 Å². The molecule has 45 heavy (non-hydrogen) atoms. The molecule has 0 heterocycles. The molecule has 0 N–H and O–H groups in total. The fraction of sp³-hybridized carbons (Fsp3) is 0.647. The van der Waals surface area contributed by atoms with Crippen LogP contribution in [-0.2, 0) is 66.2 Å². The number of rotatable bonds is 17. The molecule has 4 unspecified atom stereocenters. The van der Waals surface area contributed by atoms with Crippen molar-refractivity contribution in [2.75, 3.05) is 25.5 Å². The van der Waals surface area contributed by atoms with Gasteiger partial charge in [0.1, 0.15) is 25.3 Å². The maximum Gasteiger partial charge on any atom is 0.333 e. The molecule has 0 bridgehead atoms. The fourth-order valence-electron chi connectivity index (χ4n) is 2.14. The van der Waals surface area contributed by atoms with Crippen LogP contribution in [0.25, 0.3) is 0 Å². The molecule has 0 fully saturated rings. The van der Waals surface area contributed by atoms with E-state index in [-0.39, 0.29) is 18.4 Å². The number of hydrogen-bond acceptors (Lipinski definition) is 22. The second kappa shape index (κ2) is 20.3. The molecule has 0 aromatic rings. The Hall–Kier alpha value is -1.16. The summed E-state index contributed by atoms with van der Waals surface area (Å²) in [5.74, 6) is -2.80. The van der Waals surface area contributed by atoms with E-state index in [0.29, 0.717) is 5.41 Å². The van der Waals surface area contributed by atoms with Gasteiger partial charge in [-0.1, -0.05) is 27.0 Å². The zero-order valence-electron chi connectivity index (χ0n) is 23.5. The van der Waals surface area contributed by atoms with Gasteiger partial charge < -0.3 is 74.8 Å². The molecule has 0 amide bonds. The predicted octanol–water partition coefficient (Wildman–Crippen LogP) is -3.54. The van der Waals surface area contributed by atoms with Crippen molar-refractivity contribution >= 4 is 63.0 Å². The smallest absolute Gasteiger partial charge is 0.333 e. The van der Waals surface area contributed by atoms with Crippen LogP contribution in [0, 0.1) is 5.92 Å². The molecule has 0 rings (SSSR count). The Morgan fingerprint density at radius 3 is 1.44 bits per heavy atom. The van der Waals surface area contributed by atoms with E-state index < -0.39 is 99.7 Å². The molecule has 0 aromatic carbocycles. The molecule has 0 saturated carbocycles. The SMILES string of the molecule is C=C(C)C(=O)OCCP(=O)([O-])OP(=O)([O-])[O-].C=CS(=O)(=O)[O-].CCC(CC(C)C(=O)OCCP(=O)([O-])OP(=O)([O-])[O-])S(=O)(=O)[O-]. The van der Waals surface area contributed by atoms with Crippen molar-refractivity contribution in [3.8, 4) is 0 Å². The molecule has 0 aliphatic rings. The minimum Gasteiger partial charge on any atom is -0.790 e. The van der Waals surface area contributed by atoms with Crippen LogP contribution in [0.2, 0.25) is 0 Å². The van der Waals surface area contributed by atoms with Gasteiger partial charge in [-0.3, -0.25) is 4.79 Å². The van der Waals surface area contributed by atoms with Crippen molar-refractivity contribution in [1.29, 1.82) is 0 Å². The Morgan fingerprint density at radius 1 is 0.822 bits per heavy atom. The van der Waals surface area contributed by atoms with Gasteiger partial charge >= 0.3 is 11.9 Å². The van der Waals surface area contributed by atoms with E-state index in [1.807, 2.05) is 0 Å². The number of ether oxygens (including phenoxy) is 2. The van der Waals surface area contributed by atoms with Crippen LogP contribution < -0.4 is 29.4 Å². The van der Waals surface area contributed by atoms with Gasteiger partial charge in [0.05, 0.1) is 50.1 Å². The second-order valence-corrected chi connectivity index (χ2v) is 17.5. The van der Waals surface area contributed by atoms with Gasteiger partial charge in [0.15, 0.2) is 0 Å². The quantitative estimate of drug-likeness (QED) is 0.0597. The topological polar surface area (TPSA) is 392 Å². The van der Waals surface area contributed by atoms with Crippen molar-refractivity contribution in [2.24, 2.45) is 5.92 Å². The monoisotopic (exact) mass is 772 g/mol. The molecule has 0 saturated heterocycles. The maximum atomic E-state index is 11.6. The Bertz CT molecular complexity index is 1400. The number of carbonyl (C=O) groups is 2.